The second-order valence-corrected chi connectivity index (χ2v) is 16.9. The van der Waals surface area contributed by atoms with Crippen LogP contribution in [0, 0.1) is 0 Å². The lowest BCUT2D eigenvalue weighted by molar-refractivity contribution is -0.154. The molecule has 0 aromatic rings. The standard InChI is InChI=1S/C49H98O4/c1-3-5-7-9-11-13-15-17-19-21-22-23-24-25-26-27-28-29-30-32-34-36-38-40-42-44-49(51)53-48(46-50)47-52-45-43-41-39-37-35-33-31-20-18-16-14-12-10-8-6-4-2/h48,50H,3-47H2,1-2H3. The number of hydrogen-bond donors (Lipinski definition) is 1. The van der Waals surface area contributed by atoms with Gasteiger partial charge in [-0.3, -0.25) is 4.79 Å². The van der Waals surface area contributed by atoms with Crippen molar-refractivity contribution >= 4 is 5.97 Å². The van der Waals surface area contributed by atoms with E-state index in [1.54, 1.807) is 0 Å². The van der Waals surface area contributed by atoms with Crippen LogP contribution in [0.2, 0.25) is 0 Å². The smallest absolute Gasteiger partial charge is 0.306 e. The molecule has 0 spiro atoms. The highest BCUT2D eigenvalue weighted by Crippen LogP contribution is 2.17. The van der Waals surface area contributed by atoms with E-state index in [-0.39, 0.29) is 12.6 Å². The van der Waals surface area contributed by atoms with Gasteiger partial charge in [-0.1, -0.05) is 264 Å². The topological polar surface area (TPSA) is 55.8 Å². The summed E-state index contributed by atoms with van der Waals surface area (Å²) < 4.78 is 11.2. The van der Waals surface area contributed by atoms with Crippen molar-refractivity contribution in [1.82, 2.24) is 0 Å². The molecule has 0 aliphatic carbocycles. The summed E-state index contributed by atoms with van der Waals surface area (Å²) in [4.78, 5) is 12.2. The van der Waals surface area contributed by atoms with Gasteiger partial charge in [-0.25, -0.2) is 0 Å². The first kappa shape index (κ1) is 52.4. The van der Waals surface area contributed by atoms with Gasteiger partial charge in [0.25, 0.3) is 0 Å². The number of aliphatic hydroxyl groups is 1. The third-order valence-electron chi connectivity index (χ3n) is 11.4. The van der Waals surface area contributed by atoms with Gasteiger partial charge in [0.05, 0.1) is 13.2 Å². The van der Waals surface area contributed by atoms with Gasteiger partial charge in [-0.15, -0.1) is 0 Å². The van der Waals surface area contributed by atoms with Crippen LogP contribution in [0.4, 0.5) is 0 Å². The maximum absolute atomic E-state index is 12.2. The van der Waals surface area contributed by atoms with Gasteiger partial charge in [0.2, 0.25) is 0 Å². The van der Waals surface area contributed by atoms with Crippen molar-refractivity contribution in [2.45, 2.75) is 290 Å². The maximum atomic E-state index is 12.2. The quantitative estimate of drug-likeness (QED) is 0.0497. The molecule has 1 N–H and O–H groups in total. The van der Waals surface area contributed by atoms with Crippen molar-refractivity contribution in [3.8, 4) is 0 Å². The third-order valence-corrected chi connectivity index (χ3v) is 11.4. The Balaban J connectivity index is 3.32. The van der Waals surface area contributed by atoms with E-state index in [0.29, 0.717) is 19.6 Å². The molecule has 0 radical (unpaired) electrons. The van der Waals surface area contributed by atoms with Gasteiger partial charge in [-0.05, 0) is 12.8 Å². The van der Waals surface area contributed by atoms with E-state index in [4.69, 9.17) is 9.47 Å². The van der Waals surface area contributed by atoms with Gasteiger partial charge in [0.15, 0.2) is 0 Å². The molecular formula is C49H98O4. The summed E-state index contributed by atoms with van der Waals surface area (Å²) >= 11 is 0. The molecule has 0 saturated carbocycles. The van der Waals surface area contributed by atoms with Crippen molar-refractivity contribution in [1.29, 1.82) is 0 Å². The molecule has 0 fully saturated rings. The molecule has 0 aliphatic heterocycles. The van der Waals surface area contributed by atoms with Gasteiger partial charge < -0.3 is 14.6 Å². The largest absolute Gasteiger partial charge is 0.457 e. The Morgan fingerprint density at radius 2 is 0.623 bits per heavy atom. The summed E-state index contributed by atoms with van der Waals surface area (Å²) in [6, 6.07) is 0. The number of carbonyl (C=O) groups is 1. The van der Waals surface area contributed by atoms with E-state index >= 15 is 0 Å². The van der Waals surface area contributed by atoms with Crippen LogP contribution in [0.1, 0.15) is 284 Å². The molecule has 0 bridgehead atoms. The van der Waals surface area contributed by atoms with Gasteiger partial charge in [-0.2, -0.15) is 0 Å². The molecule has 0 aromatic carbocycles. The van der Waals surface area contributed by atoms with Crippen LogP contribution in [0.15, 0.2) is 0 Å². The molecule has 1 atom stereocenters. The van der Waals surface area contributed by atoms with Crippen molar-refractivity contribution in [2.24, 2.45) is 0 Å². The Labute approximate surface area is 333 Å². The van der Waals surface area contributed by atoms with Crippen LogP contribution in [-0.2, 0) is 14.3 Å². The first-order chi connectivity index (χ1) is 26.2. The Bertz CT molecular complexity index is 667. The monoisotopic (exact) mass is 751 g/mol. The second-order valence-electron chi connectivity index (χ2n) is 16.9. The molecule has 0 aliphatic rings. The highest BCUT2D eigenvalue weighted by atomic mass is 16.6. The molecule has 0 aromatic heterocycles. The number of esters is 1. The highest BCUT2D eigenvalue weighted by Gasteiger charge is 2.13. The number of hydrogen-bond acceptors (Lipinski definition) is 4. The SMILES string of the molecule is CCCCCCCCCCCCCCCCCCCCCCCCCCCC(=O)OC(CO)COCCCCCCCCCCCCCCCCCC. The molecule has 1 unspecified atom stereocenters. The Morgan fingerprint density at radius 3 is 0.887 bits per heavy atom. The van der Waals surface area contributed by atoms with E-state index in [1.165, 1.54) is 244 Å². The first-order valence-corrected chi connectivity index (χ1v) is 24.6. The van der Waals surface area contributed by atoms with E-state index in [9.17, 15) is 9.90 Å². The van der Waals surface area contributed by atoms with Crippen LogP contribution < -0.4 is 0 Å². The van der Waals surface area contributed by atoms with Crippen molar-refractivity contribution in [3.05, 3.63) is 0 Å². The number of rotatable bonds is 47. The second kappa shape index (κ2) is 47.5. The molecule has 53 heavy (non-hydrogen) atoms. The lowest BCUT2D eigenvalue weighted by Gasteiger charge is -2.16. The predicted molar refractivity (Wildman–Crippen MR) is 233 cm³/mol. The molecule has 0 rings (SSSR count). The van der Waals surface area contributed by atoms with E-state index in [1.807, 2.05) is 0 Å². The van der Waals surface area contributed by atoms with Gasteiger partial charge in [0, 0.05) is 13.0 Å². The number of carbonyl (C=O) groups excluding carboxylic acids is 1. The molecule has 4 heteroatoms. The summed E-state index contributed by atoms with van der Waals surface area (Å²) in [5.41, 5.74) is 0. The average Bonchev–Trinajstić information content (AvgIpc) is 3.16. The number of aliphatic hydroxyl groups excluding tert-OH is 1. The Morgan fingerprint density at radius 1 is 0.377 bits per heavy atom. The summed E-state index contributed by atoms with van der Waals surface area (Å²) in [5, 5.41) is 9.63. The highest BCUT2D eigenvalue weighted by molar-refractivity contribution is 5.69. The number of unbranched alkanes of at least 4 members (excludes halogenated alkanes) is 39. The lowest BCUT2D eigenvalue weighted by atomic mass is 10.0. The molecule has 0 amide bonds. The van der Waals surface area contributed by atoms with Crippen LogP contribution in [0.25, 0.3) is 0 Å². The van der Waals surface area contributed by atoms with E-state index in [2.05, 4.69) is 13.8 Å². The van der Waals surface area contributed by atoms with Crippen LogP contribution in [0.3, 0.4) is 0 Å². The normalized spacial score (nSPS) is 12.1. The van der Waals surface area contributed by atoms with Crippen molar-refractivity contribution < 1.29 is 19.4 Å². The zero-order valence-corrected chi connectivity index (χ0v) is 36.6. The van der Waals surface area contributed by atoms with Crippen LogP contribution >= 0.6 is 0 Å². The minimum atomic E-state index is -0.525. The van der Waals surface area contributed by atoms with Crippen LogP contribution in [-0.4, -0.2) is 37.0 Å². The Hall–Kier alpha value is -0.610. The van der Waals surface area contributed by atoms with E-state index in [0.717, 1.165) is 19.3 Å². The minimum Gasteiger partial charge on any atom is -0.457 e. The molecular weight excluding hydrogens is 653 g/mol. The fourth-order valence-electron chi connectivity index (χ4n) is 7.74. The summed E-state index contributed by atoms with van der Waals surface area (Å²) in [6.07, 6.45) is 56.2. The Kier molecular flexibility index (Phi) is 47.0. The van der Waals surface area contributed by atoms with Gasteiger partial charge >= 0.3 is 5.97 Å². The van der Waals surface area contributed by atoms with Crippen molar-refractivity contribution in [2.75, 3.05) is 19.8 Å². The maximum Gasteiger partial charge on any atom is 0.306 e. The number of ether oxygens (including phenoxy) is 2. The summed E-state index contributed by atoms with van der Waals surface area (Å²) in [6.45, 7) is 5.42. The first-order valence-electron chi connectivity index (χ1n) is 24.6. The molecule has 318 valence electrons. The van der Waals surface area contributed by atoms with Gasteiger partial charge in [0.1, 0.15) is 6.10 Å². The summed E-state index contributed by atoms with van der Waals surface area (Å²) in [7, 11) is 0. The van der Waals surface area contributed by atoms with E-state index < -0.39 is 6.10 Å². The lowest BCUT2D eigenvalue weighted by Crippen LogP contribution is -2.27. The van der Waals surface area contributed by atoms with Crippen molar-refractivity contribution in [3.63, 3.8) is 0 Å². The molecule has 4 nitrogen and oxygen atoms in total. The minimum absolute atomic E-state index is 0.163. The molecule has 0 saturated heterocycles. The fraction of sp³-hybridized carbons (Fsp3) is 0.980. The third kappa shape index (κ3) is 45.7. The summed E-state index contributed by atoms with van der Waals surface area (Å²) in [5.74, 6) is -0.191. The fourth-order valence-corrected chi connectivity index (χ4v) is 7.74. The van der Waals surface area contributed by atoms with Crippen LogP contribution in [0.5, 0.6) is 0 Å². The zero-order valence-electron chi connectivity index (χ0n) is 36.6. The molecule has 0 heterocycles. The predicted octanol–water partition coefficient (Wildman–Crippen LogP) is 16.3. The zero-order chi connectivity index (χ0) is 38.4. The average molecular weight is 751 g/mol.